The van der Waals surface area contributed by atoms with Gasteiger partial charge in [-0.3, -0.25) is 10.00 Å². The zero-order chi connectivity index (χ0) is 17.9. The van der Waals surface area contributed by atoms with E-state index in [4.69, 9.17) is 0 Å². The number of piperidine rings is 1. The van der Waals surface area contributed by atoms with E-state index in [0.29, 0.717) is 0 Å². The van der Waals surface area contributed by atoms with E-state index < -0.39 is 0 Å². The zero-order valence-corrected chi connectivity index (χ0v) is 15.5. The van der Waals surface area contributed by atoms with Crippen molar-refractivity contribution in [3.63, 3.8) is 0 Å². The van der Waals surface area contributed by atoms with Crippen LogP contribution in [0.2, 0.25) is 0 Å². The molecule has 3 N–H and O–H groups in total. The van der Waals surface area contributed by atoms with E-state index in [9.17, 15) is 5.11 Å². The normalized spacial score (nSPS) is 17.0. The van der Waals surface area contributed by atoms with Gasteiger partial charge in [0.25, 0.3) is 0 Å². The number of aliphatic hydroxyl groups excluding tert-OH is 1. The lowest BCUT2D eigenvalue weighted by Crippen LogP contribution is -2.35. The van der Waals surface area contributed by atoms with Crippen molar-refractivity contribution in [2.45, 2.75) is 58.2 Å². The summed E-state index contributed by atoms with van der Waals surface area (Å²) < 4.78 is 0. The van der Waals surface area contributed by atoms with Gasteiger partial charge in [-0.05, 0) is 24.5 Å². The van der Waals surface area contributed by atoms with Gasteiger partial charge >= 0.3 is 0 Å². The van der Waals surface area contributed by atoms with Gasteiger partial charge < -0.3 is 10.4 Å². The fraction of sp³-hybridized carbons (Fsp3) is 0.550. The minimum atomic E-state index is -0.124. The van der Waals surface area contributed by atoms with Crippen LogP contribution in [0.3, 0.4) is 0 Å². The molecule has 1 saturated heterocycles. The maximum absolute atomic E-state index is 9.68. The van der Waals surface area contributed by atoms with Crippen molar-refractivity contribution < 1.29 is 5.11 Å². The van der Waals surface area contributed by atoms with Gasteiger partial charge in [0.2, 0.25) is 0 Å². The Morgan fingerprint density at radius 1 is 1.20 bits per heavy atom. The number of anilines is 1. The first-order chi connectivity index (χ1) is 11.9. The smallest absolute Gasteiger partial charge is 0.0564 e. The number of benzene rings is 1. The van der Waals surface area contributed by atoms with E-state index in [1.807, 2.05) is 6.20 Å². The van der Waals surface area contributed by atoms with Gasteiger partial charge in [-0.2, -0.15) is 5.10 Å². The molecule has 5 heteroatoms. The van der Waals surface area contributed by atoms with Crippen LogP contribution >= 0.6 is 0 Å². The Balaban J connectivity index is 1.66. The van der Waals surface area contributed by atoms with E-state index in [0.717, 1.165) is 39.0 Å². The number of aromatic amines is 1. The number of para-hydroxylation sites is 1. The van der Waals surface area contributed by atoms with Crippen molar-refractivity contribution in [2.24, 2.45) is 0 Å². The first-order valence-corrected chi connectivity index (χ1v) is 9.18. The standard InChI is InChI=1S/C20H30N4O/c1-20(2,3)19-16(13-22-23-19)12-21-18-7-5-4-6-15(18)14-24-10-8-17(25)9-11-24/h4-7,13,17,21,25H,8-12,14H2,1-3H3,(H,22,23). The summed E-state index contributed by atoms with van der Waals surface area (Å²) in [5, 5.41) is 20.6. The summed E-state index contributed by atoms with van der Waals surface area (Å²) in [6, 6.07) is 8.50. The quantitative estimate of drug-likeness (QED) is 0.780. The van der Waals surface area contributed by atoms with Crippen LogP contribution in [-0.4, -0.2) is 39.4 Å². The molecule has 1 aromatic heterocycles. The molecule has 1 aliphatic rings. The van der Waals surface area contributed by atoms with Gasteiger partial charge in [-0.15, -0.1) is 0 Å². The molecule has 0 bridgehead atoms. The summed E-state index contributed by atoms with van der Waals surface area (Å²) in [5.41, 5.74) is 4.93. The number of nitrogens with one attached hydrogen (secondary N) is 2. The molecule has 1 aromatic carbocycles. The van der Waals surface area contributed by atoms with Crippen molar-refractivity contribution in [2.75, 3.05) is 18.4 Å². The highest BCUT2D eigenvalue weighted by Gasteiger charge is 2.20. The number of likely N-dealkylation sites (tertiary alicyclic amines) is 1. The van der Waals surface area contributed by atoms with Gasteiger partial charge in [0.05, 0.1) is 12.3 Å². The van der Waals surface area contributed by atoms with Crippen LogP contribution in [0.1, 0.15) is 50.4 Å². The van der Waals surface area contributed by atoms with Gasteiger partial charge in [0, 0.05) is 48.5 Å². The van der Waals surface area contributed by atoms with Crippen molar-refractivity contribution >= 4 is 5.69 Å². The van der Waals surface area contributed by atoms with Crippen LogP contribution in [0.4, 0.5) is 5.69 Å². The molecule has 0 spiro atoms. The summed E-state index contributed by atoms with van der Waals surface area (Å²) in [5.74, 6) is 0. The number of nitrogens with zero attached hydrogens (tertiary/aromatic N) is 2. The van der Waals surface area contributed by atoms with E-state index in [2.05, 4.69) is 65.5 Å². The summed E-state index contributed by atoms with van der Waals surface area (Å²) >= 11 is 0. The molecule has 3 rings (SSSR count). The Kier molecular flexibility index (Phi) is 5.45. The molecule has 1 fully saturated rings. The molecule has 1 aliphatic heterocycles. The van der Waals surface area contributed by atoms with Crippen molar-refractivity contribution in [1.82, 2.24) is 15.1 Å². The van der Waals surface area contributed by atoms with Crippen LogP contribution < -0.4 is 5.32 Å². The lowest BCUT2D eigenvalue weighted by Gasteiger charge is -2.30. The fourth-order valence-electron chi connectivity index (χ4n) is 3.43. The molecule has 2 aromatic rings. The lowest BCUT2D eigenvalue weighted by atomic mass is 9.89. The number of aliphatic hydroxyl groups is 1. The predicted molar refractivity (Wildman–Crippen MR) is 102 cm³/mol. The molecule has 0 radical (unpaired) electrons. The number of rotatable bonds is 5. The van der Waals surface area contributed by atoms with Crippen molar-refractivity contribution in [3.05, 3.63) is 47.3 Å². The maximum atomic E-state index is 9.68. The molecule has 2 heterocycles. The third-order valence-electron chi connectivity index (χ3n) is 4.91. The summed E-state index contributed by atoms with van der Waals surface area (Å²) in [6.07, 6.45) is 3.54. The van der Waals surface area contributed by atoms with Gasteiger partial charge in [0.1, 0.15) is 0 Å². The Labute approximate surface area is 150 Å². The topological polar surface area (TPSA) is 64.2 Å². The summed E-state index contributed by atoms with van der Waals surface area (Å²) in [4.78, 5) is 2.42. The summed E-state index contributed by atoms with van der Waals surface area (Å²) in [7, 11) is 0. The van der Waals surface area contributed by atoms with Crippen LogP contribution in [0.25, 0.3) is 0 Å². The Morgan fingerprint density at radius 3 is 2.64 bits per heavy atom. The SMILES string of the molecule is CC(C)(C)c1[nH]ncc1CNc1ccccc1CN1CCC(O)CC1. The van der Waals surface area contributed by atoms with Crippen molar-refractivity contribution in [1.29, 1.82) is 0 Å². The number of hydrogen-bond donors (Lipinski definition) is 3. The molecular weight excluding hydrogens is 312 g/mol. The molecule has 5 nitrogen and oxygen atoms in total. The number of H-pyrrole nitrogens is 1. The second-order valence-electron chi connectivity index (χ2n) is 8.04. The second-order valence-corrected chi connectivity index (χ2v) is 8.04. The lowest BCUT2D eigenvalue weighted by molar-refractivity contribution is 0.0793. The van der Waals surface area contributed by atoms with Crippen LogP contribution in [0.5, 0.6) is 0 Å². The largest absolute Gasteiger partial charge is 0.393 e. The predicted octanol–water partition coefficient (Wildman–Crippen LogP) is 3.28. The highest BCUT2D eigenvalue weighted by atomic mass is 16.3. The average Bonchev–Trinajstić information content (AvgIpc) is 3.05. The van der Waals surface area contributed by atoms with E-state index in [-0.39, 0.29) is 11.5 Å². The Hall–Kier alpha value is -1.85. The number of hydrogen-bond acceptors (Lipinski definition) is 4. The Morgan fingerprint density at radius 2 is 1.92 bits per heavy atom. The molecule has 0 unspecified atom stereocenters. The highest BCUT2D eigenvalue weighted by molar-refractivity contribution is 5.51. The highest BCUT2D eigenvalue weighted by Crippen LogP contribution is 2.25. The molecule has 25 heavy (non-hydrogen) atoms. The van der Waals surface area contributed by atoms with Gasteiger partial charge in [0.15, 0.2) is 0 Å². The molecule has 0 saturated carbocycles. The molecule has 0 aliphatic carbocycles. The first kappa shape index (κ1) is 18.0. The maximum Gasteiger partial charge on any atom is 0.0564 e. The monoisotopic (exact) mass is 342 g/mol. The van der Waals surface area contributed by atoms with Crippen LogP contribution in [0, 0.1) is 0 Å². The molecule has 0 amide bonds. The van der Waals surface area contributed by atoms with Gasteiger partial charge in [-0.25, -0.2) is 0 Å². The minimum absolute atomic E-state index is 0.0572. The van der Waals surface area contributed by atoms with Crippen LogP contribution in [0.15, 0.2) is 30.5 Å². The van der Waals surface area contributed by atoms with E-state index >= 15 is 0 Å². The van der Waals surface area contributed by atoms with Crippen LogP contribution in [-0.2, 0) is 18.5 Å². The fourth-order valence-corrected chi connectivity index (χ4v) is 3.43. The molecular formula is C20H30N4O. The van der Waals surface area contributed by atoms with E-state index in [1.54, 1.807) is 0 Å². The second kappa shape index (κ2) is 7.58. The average molecular weight is 342 g/mol. The third-order valence-corrected chi connectivity index (χ3v) is 4.91. The molecule has 0 atom stereocenters. The third kappa shape index (κ3) is 4.61. The van der Waals surface area contributed by atoms with Gasteiger partial charge in [-0.1, -0.05) is 39.0 Å². The molecule has 136 valence electrons. The van der Waals surface area contributed by atoms with Crippen molar-refractivity contribution in [3.8, 4) is 0 Å². The van der Waals surface area contributed by atoms with E-state index in [1.165, 1.54) is 22.5 Å². The Bertz CT molecular complexity index is 681. The minimum Gasteiger partial charge on any atom is -0.393 e. The zero-order valence-electron chi connectivity index (χ0n) is 15.5. The number of aromatic nitrogens is 2. The first-order valence-electron chi connectivity index (χ1n) is 9.18. The summed E-state index contributed by atoms with van der Waals surface area (Å²) in [6.45, 7) is 10.2.